The molecule has 0 saturated carbocycles. The molecule has 2 aromatic rings. The van der Waals surface area contributed by atoms with Crippen LogP contribution in [0.5, 0.6) is 11.5 Å². The summed E-state index contributed by atoms with van der Waals surface area (Å²) in [6.07, 6.45) is -0.187. The SMILES string of the molecule is COc1ccc(C[C@@H](O)[C@@H](CO)c2ccc(OC)cc2)cc1. The standard InChI is InChI=1S/C18H22O4/c1-21-15-7-3-13(4-8-15)11-18(20)17(12-19)14-5-9-16(22-2)10-6-14/h3-10,17-20H,11-12H2,1-2H3/t17-,18+/m0/s1. The molecule has 0 aliphatic carbocycles. The van der Waals surface area contributed by atoms with Gasteiger partial charge in [0.15, 0.2) is 0 Å². The molecule has 0 heterocycles. The molecule has 4 heteroatoms. The van der Waals surface area contributed by atoms with E-state index in [1.807, 2.05) is 48.5 Å². The summed E-state index contributed by atoms with van der Waals surface area (Å²) in [6.45, 7) is -0.107. The minimum atomic E-state index is -0.660. The highest BCUT2D eigenvalue weighted by Gasteiger charge is 2.21. The van der Waals surface area contributed by atoms with Crippen molar-refractivity contribution in [2.75, 3.05) is 20.8 Å². The quantitative estimate of drug-likeness (QED) is 0.824. The van der Waals surface area contributed by atoms with Crippen LogP contribution in [0.2, 0.25) is 0 Å². The molecule has 0 fully saturated rings. The van der Waals surface area contributed by atoms with Crippen LogP contribution in [0.15, 0.2) is 48.5 Å². The first kappa shape index (κ1) is 16.3. The zero-order valence-electron chi connectivity index (χ0n) is 12.9. The zero-order valence-corrected chi connectivity index (χ0v) is 12.9. The molecule has 2 atom stereocenters. The van der Waals surface area contributed by atoms with Crippen molar-refractivity contribution in [3.05, 3.63) is 59.7 Å². The third-order valence-electron chi connectivity index (χ3n) is 3.81. The van der Waals surface area contributed by atoms with Gasteiger partial charge in [-0.1, -0.05) is 24.3 Å². The van der Waals surface area contributed by atoms with E-state index in [0.717, 1.165) is 22.6 Å². The maximum absolute atomic E-state index is 10.4. The molecule has 0 amide bonds. The van der Waals surface area contributed by atoms with Crippen molar-refractivity contribution < 1.29 is 19.7 Å². The van der Waals surface area contributed by atoms with E-state index < -0.39 is 6.10 Å². The summed E-state index contributed by atoms with van der Waals surface area (Å²) < 4.78 is 10.2. The maximum Gasteiger partial charge on any atom is 0.118 e. The van der Waals surface area contributed by atoms with Crippen molar-refractivity contribution in [3.8, 4) is 11.5 Å². The van der Waals surface area contributed by atoms with Gasteiger partial charge in [0.2, 0.25) is 0 Å². The van der Waals surface area contributed by atoms with E-state index in [2.05, 4.69) is 0 Å². The summed E-state index contributed by atoms with van der Waals surface area (Å²) in [5.74, 6) is 1.21. The van der Waals surface area contributed by atoms with E-state index in [-0.39, 0.29) is 12.5 Å². The third-order valence-corrected chi connectivity index (χ3v) is 3.81. The van der Waals surface area contributed by atoms with Crippen molar-refractivity contribution in [3.63, 3.8) is 0 Å². The molecule has 0 bridgehead atoms. The number of hydrogen-bond acceptors (Lipinski definition) is 4. The molecule has 0 aromatic heterocycles. The monoisotopic (exact) mass is 302 g/mol. The molecule has 0 radical (unpaired) electrons. The van der Waals surface area contributed by atoms with E-state index in [0.29, 0.717) is 6.42 Å². The van der Waals surface area contributed by atoms with Gasteiger partial charge in [0, 0.05) is 5.92 Å². The van der Waals surface area contributed by atoms with Crippen LogP contribution in [0.1, 0.15) is 17.0 Å². The molecule has 22 heavy (non-hydrogen) atoms. The Balaban J connectivity index is 2.08. The Morgan fingerprint density at radius 2 is 1.36 bits per heavy atom. The number of hydrogen-bond donors (Lipinski definition) is 2. The normalized spacial score (nSPS) is 13.5. The highest BCUT2D eigenvalue weighted by molar-refractivity contribution is 5.31. The van der Waals surface area contributed by atoms with Crippen LogP contribution in [0.3, 0.4) is 0 Å². The molecule has 0 aliphatic heterocycles. The average Bonchev–Trinajstić information content (AvgIpc) is 2.57. The summed E-state index contributed by atoms with van der Waals surface area (Å²) in [5, 5.41) is 20.1. The molecule has 0 spiro atoms. The fraction of sp³-hybridized carbons (Fsp3) is 0.333. The van der Waals surface area contributed by atoms with Gasteiger partial charge in [-0.25, -0.2) is 0 Å². The number of methoxy groups -OCH3 is 2. The Labute approximate surface area is 130 Å². The van der Waals surface area contributed by atoms with Gasteiger partial charge in [0.05, 0.1) is 26.9 Å². The number of aliphatic hydroxyl groups excluding tert-OH is 2. The first-order valence-electron chi connectivity index (χ1n) is 7.23. The Kier molecular flexibility index (Phi) is 5.81. The van der Waals surface area contributed by atoms with Crippen LogP contribution >= 0.6 is 0 Å². The fourth-order valence-electron chi connectivity index (χ4n) is 2.45. The Morgan fingerprint density at radius 3 is 1.82 bits per heavy atom. The largest absolute Gasteiger partial charge is 0.497 e. The summed E-state index contributed by atoms with van der Waals surface area (Å²) in [7, 11) is 3.23. The van der Waals surface area contributed by atoms with Crippen LogP contribution in [0.4, 0.5) is 0 Å². The predicted molar refractivity (Wildman–Crippen MR) is 85.5 cm³/mol. The van der Waals surface area contributed by atoms with Crippen LogP contribution in [0, 0.1) is 0 Å². The Morgan fingerprint density at radius 1 is 0.864 bits per heavy atom. The van der Waals surface area contributed by atoms with E-state index in [1.54, 1.807) is 14.2 Å². The van der Waals surface area contributed by atoms with Crippen molar-refractivity contribution in [1.29, 1.82) is 0 Å². The van der Waals surface area contributed by atoms with Crippen molar-refractivity contribution in [2.45, 2.75) is 18.4 Å². The topological polar surface area (TPSA) is 58.9 Å². The second-order valence-electron chi connectivity index (χ2n) is 5.18. The molecular formula is C18H22O4. The van der Waals surface area contributed by atoms with Gasteiger partial charge in [0.25, 0.3) is 0 Å². The molecule has 118 valence electrons. The molecule has 0 aliphatic rings. The molecule has 0 unspecified atom stereocenters. The minimum Gasteiger partial charge on any atom is -0.497 e. The van der Waals surface area contributed by atoms with E-state index in [9.17, 15) is 10.2 Å². The summed E-state index contributed by atoms with van der Waals surface area (Å²) >= 11 is 0. The molecule has 2 N–H and O–H groups in total. The molecule has 0 saturated heterocycles. The molecule has 4 nitrogen and oxygen atoms in total. The lowest BCUT2D eigenvalue weighted by Crippen LogP contribution is -2.24. The van der Waals surface area contributed by atoms with Crippen molar-refractivity contribution >= 4 is 0 Å². The van der Waals surface area contributed by atoms with Gasteiger partial charge in [-0.05, 0) is 41.8 Å². The van der Waals surface area contributed by atoms with Gasteiger partial charge in [-0.15, -0.1) is 0 Å². The Hall–Kier alpha value is -2.04. The average molecular weight is 302 g/mol. The van der Waals surface area contributed by atoms with Crippen LogP contribution < -0.4 is 9.47 Å². The van der Waals surface area contributed by atoms with Crippen LogP contribution in [-0.4, -0.2) is 37.1 Å². The highest BCUT2D eigenvalue weighted by atomic mass is 16.5. The first-order chi connectivity index (χ1) is 10.7. The highest BCUT2D eigenvalue weighted by Crippen LogP contribution is 2.24. The number of ether oxygens (including phenoxy) is 2. The summed E-state index contributed by atoms with van der Waals surface area (Å²) in [5.41, 5.74) is 1.89. The molecule has 2 aromatic carbocycles. The number of rotatable bonds is 7. The zero-order chi connectivity index (χ0) is 15.9. The van der Waals surface area contributed by atoms with Gasteiger partial charge < -0.3 is 19.7 Å². The fourth-order valence-corrected chi connectivity index (χ4v) is 2.45. The second kappa shape index (κ2) is 7.82. The lowest BCUT2D eigenvalue weighted by Gasteiger charge is -2.22. The summed E-state index contributed by atoms with van der Waals surface area (Å²) in [4.78, 5) is 0. The summed E-state index contributed by atoms with van der Waals surface area (Å²) in [6, 6.07) is 15.0. The lowest BCUT2D eigenvalue weighted by atomic mass is 9.90. The number of aliphatic hydroxyl groups is 2. The number of benzene rings is 2. The van der Waals surface area contributed by atoms with Gasteiger partial charge >= 0.3 is 0 Å². The van der Waals surface area contributed by atoms with Crippen LogP contribution in [-0.2, 0) is 6.42 Å². The first-order valence-corrected chi connectivity index (χ1v) is 7.23. The smallest absolute Gasteiger partial charge is 0.118 e. The maximum atomic E-state index is 10.4. The van der Waals surface area contributed by atoms with Crippen molar-refractivity contribution in [1.82, 2.24) is 0 Å². The molecular weight excluding hydrogens is 280 g/mol. The van der Waals surface area contributed by atoms with E-state index in [1.165, 1.54) is 0 Å². The van der Waals surface area contributed by atoms with E-state index >= 15 is 0 Å². The third kappa shape index (κ3) is 4.00. The van der Waals surface area contributed by atoms with Crippen molar-refractivity contribution in [2.24, 2.45) is 0 Å². The minimum absolute atomic E-state index is 0.107. The Bertz CT molecular complexity index is 563. The van der Waals surface area contributed by atoms with E-state index in [4.69, 9.17) is 9.47 Å². The molecule has 2 rings (SSSR count). The predicted octanol–water partition coefficient (Wildman–Crippen LogP) is 2.38. The van der Waals surface area contributed by atoms with Crippen LogP contribution in [0.25, 0.3) is 0 Å². The lowest BCUT2D eigenvalue weighted by molar-refractivity contribution is 0.106. The van der Waals surface area contributed by atoms with Gasteiger partial charge in [-0.2, -0.15) is 0 Å². The van der Waals surface area contributed by atoms with Gasteiger partial charge in [0.1, 0.15) is 11.5 Å². The van der Waals surface area contributed by atoms with Gasteiger partial charge in [-0.3, -0.25) is 0 Å². The second-order valence-corrected chi connectivity index (χ2v) is 5.18.